The standard InChI is InChI=1S/C17H18Cl2N2O3S/c1-3-21(11-17(22)20-15-7-5-4-6-12(15)2)25(23,24)16-10-13(18)8-9-14(16)19/h4-10H,3,11H2,1-2H3,(H,20,22). The molecule has 0 aliphatic heterocycles. The van der Waals surface area contributed by atoms with Gasteiger partial charge in [-0.1, -0.05) is 48.3 Å². The number of nitrogens with zero attached hydrogens (tertiary/aromatic N) is 1. The molecule has 0 spiro atoms. The fraction of sp³-hybridized carbons (Fsp3) is 0.235. The fourth-order valence-electron chi connectivity index (χ4n) is 2.24. The Labute approximate surface area is 157 Å². The number of hydrogen-bond donors (Lipinski definition) is 1. The molecule has 0 bridgehead atoms. The molecule has 134 valence electrons. The molecule has 0 saturated carbocycles. The van der Waals surface area contributed by atoms with Gasteiger partial charge < -0.3 is 5.32 Å². The summed E-state index contributed by atoms with van der Waals surface area (Å²) >= 11 is 11.9. The zero-order valence-corrected chi connectivity index (χ0v) is 16.1. The zero-order chi connectivity index (χ0) is 18.6. The molecule has 5 nitrogen and oxygen atoms in total. The third kappa shape index (κ3) is 4.73. The average molecular weight is 401 g/mol. The molecule has 0 saturated heterocycles. The van der Waals surface area contributed by atoms with E-state index < -0.39 is 15.9 Å². The van der Waals surface area contributed by atoms with Crippen molar-refractivity contribution in [2.45, 2.75) is 18.7 Å². The normalized spacial score (nSPS) is 11.6. The summed E-state index contributed by atoms with van der Waals surface area (Å²) < 4.78 is 26.6. The Morgan fingerprint density at radius 1 is 1.16 bits per heavy atom. The van der Waals surface area contributed by atoms with E-state index >= 15 is 0 Å². The molecule has 1 amide bonds. The molecule has 2 aromatic rings. The van der Waals surface area contributed by atoms with Crippen molar-refractivity contribution in [3.05, 3.63) is 58.1 Å². The molecule has 0 radical (unpaired) electrons. The van der Waals surface area contributed by atoms with Gasteiger partial charge in [0.25, 0.3) is 0 Å². The third-order valence-corrected chi connectivity index (χ3v) is 6.24. The third-order valence-electron chi connectivity index (χ3n) is 3.60. The summed E-state index contributed by atoms with van der Waals surface area (Å²) in [6.07, 6.45) is 0. The van der Waals surface area contributed by atoms with E-state index in [-0.39, 0.29) is 28.0 Å². The van der Waals surface area contributed by atoms with Crippen LogP contribution >= 0.6 is 23.2 Å². The minimum Gasteiger partial charge on any atom is -0.325 e. The van der Waals surface area contributed by atoms with Crippen molar-refractivity contribution in [2.24, 2.45) is 0 Å². The summed E-state index contributed by atoms with van der Waals surface area (Å²) in [7, 11) is -3.95. The van der Waals surface area contributed by atoms with Crippen LogP contribution in [0.1, 0.15) is 12.5 Å². The zero-order valence-electron chi connectivity index (χ0n) is 13.8. The van der Waals surface area contributed by atoms with Crippen molar-refractivity contribution in [1.82, 2.24) is 4.31 Å². The Balaban J connectivity index is 2.22. The molecule has 0 atom stereocenters. The lowest BCUT2D eigenvalue weighted by Gasteiger charge is -2.21. The number of likely N-dealkylation sites (N-methyl/N-ethyl adjacent to an activating group) is 1. The van der Waals surface area contributed by atoms with E-state index in [1.54, 1.807) is 19.1 Å². The number of anilines is 1. The molecule has 0 unspecified atom stereocenters. The molecule has 2 rings (SSSR count). The van der Waals surface area contributed by atoms with E-state index in [0.29, 0.717) is 5.69 Å². The number of para-hydroxylation sites is 1. The van der Waals surface area contributed by atoms with Gasteiger partial charge in [0.1, 0.15) is 4.90 Å². The van der Waals surface area contributed by atoms with Gasteiger partial charge in [0, 0.05) is 17.3 Å². The van der Waals surface area contributed by atoms with Crippen molar-refractivity contribution in [2.75, 3.05) is 18.4 Å². The van der Waals surface area contributed by atoms with Gasteiger partial charge in [-0.3, -0.25) is 4.79 Å². The largest absolute Gasteiger partial charge is 0.325 e. The van der Waals surface area contributed by atoms with Gasteiger partial charge in [-0.15, -0.1) is 0 Å². The van der Waals surface area contributed by atoms with Gasteiger partial charge in [-0.25, -0.2) is 8.42 Å². The van der Waals surface area contributed by atoms with Crippen LogP contribution in [0.2, 0.25) is 10.0 Å². The second-order valence-corrected chi connectivity index (χ2v) is 8.12. The maximum absolute atomic E-state index is 12.8. The van der Waals surface area contributed by atoms with E-state index in [4.69, 9.17) is 23.2 Å². The Bertz CT molecular complexity index is 885. The first kappa shape index (κ1) is 19.7. The van der Waals surface area contributed by atoms with E-state index in [1.807, 2.05) is 19.1 Å². The summed E-state index contributed by atoms with van der Waals surface area (Å²) in [6, 6.07) is 11.5. The molecule has 0 heterocycles. The lowest BCUT2D eigenvalue weighted by atomic mass is 10.2. The lowest BCUT2D eigenvalue weighted by Crippen LogP contribution is -2.38. The fourth-order valence-corrected chi connectivity index (χ4v) is 4.39. The van der Waals surface area contributed by atoms with E-state index in [2.05, 4.69) is 5.32 Å². The van der Waals surface area contributed by atoms with Crippen molar-refractivity contribution < 1.29 is 13.2 Å². The monoisotopic (exact) mass is 400 g/mol. The first-order chi connectivity index (χ1) is 11.8. The number of sulfonamides is 1. The number of carbonyl (C=O) groups excluding carboxylic acids is 1. The topological polar surface area (TPSA) is 66.5 Å². The molecule has 1 N–H and O–H groups in total. The average Bonchev–Trinajstić information content (AvgIpc) is 2.56. The molecule has 0 aromatic heterocycles. The van der Waals surface area contributed by atoms with Crippen LogP contribution in [-0.2, 0) is 14.8 Å². The summed E-state index contributed by atoms with van der Waals surface area (Å²) in [5, 5.41) is 3.03. The number of hydrogen-bond acceptors (Lipinski definition) is 3. The number of carbonyl (C=O) groups is 1. The number of nitrogens with one attached hydrogen (secondary N) is 1. The van der Waals surface area contributed by atoms with Crippen molar-refractivity contribution in [1.29, 1.82) is 0 Å². The summed E-state index contributed by atoms with van der Waals surface area (Å²) in [4.78, 5) is 12.2. The van der Waals surface area contributed by atoms with Crippen LogP contribution < -0.4 is 5.32 Å². The minimum atomic E-state index is -3.95. The van der Waals surface area contributed by atoms with Gasteiger partial charge in [-0.05, 0) is 36.8 Å². The highest BCUT2D eigenvalue weighted by Gasteiger charge is 2.27. The summed E-state index contributed by atoms with van der Waals surface area (Å²) in [5.74, 6) is -0.433. The van der Waals surface area contributed by atoms with Crippen molar-refractivity contribution >= 4 is 44.8 Å². The first-order valence-electron chi connectivity index (χ1n) is 7.56. The van der Waals surface area contributed by atoms with Gasteiger partial charge in [0.05, 0.1) is 11.6 Å². The van der Waals surface area contributed by atoms with Gasteiger partial charge >= 0.3 is 0 Å². The molecular weight excluding hydrogens is 383 g/mol. The second kappa shape index (κ2) is 8.19. The number of amides is 1. The Kier molecular flexibility index (Phi) is 6.46. The van der Waals surface area contributed by atoms with Crippen LogP contribution in [-0.4, -0.2) is 31.7 Å². The summed E-state index contributed by atoms with van der Waals surface area (Å²) in [6.45, 7) is 3.30. The second-order valence-electron chi connectivity index (χ2n) is 5.37. The predicted octanol–water partition coefficient (Wildman–Crippen LogP) is 3.95. The van der Waals surface area contributed by atoms with Gasteiger partial charge in [-0.2, -0.15) is 4.31 Å². The molecule has 25 heavy (non-hydrogen) atoms. The van der Waals surface area contributed by atoms with E-state index in [0.717, 1.165) is 9.87 Å². The predicted molar refractivity (Wildman–Crippen MR) is 101 cm³/mol. The molecule has 0 aliphatic carbocycles. The minimum absolute atomic E-state index is 0.0576. The van der Waals surface area contributed by atoms with E-state index in [1.165, 1.54) is 18.2 Å². The van der Waals surface area contributed by atoms with Crippen LogP contribution in [0.4, 0.5) is 5.69 Å². The quantitative estimate of drug-likeness (QED) is 0.797. The number of rotatable bonds is 6. The number of halogens is 2. The highest BCUT2D eigenvalue weighted by Crippen LogP contribution is 2.27. The SMILES string of the molecule is CCN(CC(=O)Nc1ccccc1C)S(=O)(=O)c1cc(Cl)ccc1Cl. The molecular formula is C17H18Cl2N2O3S. The molecule has 2 aromatic carbocycles. The first-order valence-corrected chi connectivity index (χ1v) is 9.76. The van der Waals surface area contributed by atoms with Crippen LogP contribution in [0.3, 0.4) is 0 Å². The highest BCUT2D eigenvalue weighted by molar-refractivity contribution is 7.89. The van der Waals surface area contributed by atoms with Gasteiger partial charge in [0.15, 0.2) is 0 Å². The number of benzene rings is 2. The maximum Gasteiger partial charge on any atom is 0.245 e. The van der Waals surface area contributed by atoms with Crippen LogP contribution in [0, 0.1) is 6.92 Å². The Hall–Kier alpha value is -1.60. The van der Waals surface area contributed by atoms with Crippen LogP contribution in [0.15, 0.2) is 47.4 Å². The van der Waals surface area contributed by atoms with Crippen molar-refractivity contribution in [3.8, 4) is 0 Å². The molecule has 0 fully saturated rings. The Morgan fingerprint density at radius 3 is 2.48 bits per heavy atom. The van der Waals surface area contributed by atoms with Crippen molar-refractivity contribution in [3.63, 3.8) is 0 Å². The Morgan fingerprint density at radius 2 is 1.84 bits per heavy atom. The van der Waals surface area contributed by atoms with Crippen LogP contribution in [0.25, 0.3) is 0 Å². The van der Waals surface area contributed by atoms with Gasteiger partial charge in [0.2, 0.25) is 15.9 Å². The smallest absolute Gasteiger partial charge is 0.245 e. The van der Waals surface area contributed by atoms with Crippen LogP contribution in [0.5, 0.6) is 0 Å². The maximum atomic E-state index is 12.8. The molecule has 0 aliphatic rings. The lowest BCUT2D eigenvalue weighted by molar-refractivity contribution is -0.116. The highest BCUT2D eigenvalue weighted by atomic mass is 35.5. The molecule has 8 heteroatoms. The number of aryl methyl sites for hydroxylation is 1. The van der Waals surface area contributed by atoms with E-state index in [9.17, 15) is 13.2 Å². The summed E-state index contributed by atoms with van der Waals surface area (Å²) in [5.41, 5.74) is 1.53.